The largest absolute Gasteiger partial charge is 0.480 e. The number of carboxylic acids is 1. The molecule has 0 aromatic rings. The molecule has 0 radical (unpaired) electrons. The quantitative estimate of drug-likeness (QED) is 0.597. The number of carbonyl (C=O) groups is 2. The Morgan fingerprint density at radius 3 is 2.38 bits per heavy atom. The van der Waals surface area contributed by atoms with Crippen molar-refractivity contribution in [1.82, 2.24) is 4.90 Å². The molecule has 1 atom stereocenters. The van der Waals surface area contributed by atoms with Crippen LogP contribution in [0.1, 0.15) is 19.8 Å². The molecule has 0 aliphatic rings. The molecule has 0 fully saturated rings. The predicted molar refractivity (Wildman–Crippen MR) is 48.2 cm³/mol. The van der Waals surface area contributed by atoms with Gasteiger partial charge in [0.1, 0.15) is 6.04 Å². The molecule has 0 rings (SSSR count). The fourth-order valence-electron chi connectivity index (χ4n) is 1.03. The van der Waals surface area contributed by atoms with Crippen molar-refractivity contribution in [2.45, 2.75) is 25.8 Å². The van der Waals surface area contributed by atoms with Gasteiger partial charge >= 0.3 is 5.97 Å². The first-order valence-electron chi connectivity index (χ1n) is 4.20. The van der Waals surface area contributed by atoms with E-state index in [4.69, 9.17) is 10.8 Å². The van der Waals surface area contributed by atoms with Gasteiger partial charge in [0, 0.05) is 6.42 Å². The average Bonchev–Trinajstić information content (AvgIpc) is 2.03. The van der Waals surface area contributed by atoms with Gasteiger partial charge in [-0.25, -0.2) is 0 Å². The summed E-state index contributed by atoms with van der Waals surface area (Å²) in [6.07, 6.45) is 0.385. The molecule has 1 unspecified atom stereocenters. The van der Waals surface area contributed by atoms with E-state index in [1.807, 2.05) is 6.92 Å². The smallest absolute Gasteiger partial charge is 0.320 e. The minimum Gasteiger partial charge on any atom is -0.480 e. The lowest BCUT2D eigenvalue weighted by atomic mass is 10.1. The predicted octanol–water partition coefficient (Wildman–Crippen LogP) is -0.343. The maximum atomic E-state index is 10.7. The number of rotatable bonds is 6. The van der Waals surface area contributed by atoms with E-state index in [-0.39, 0.29) is 12.8 Å². The molecule has 0 heterocycles. The summed E-state index contributed by atoms with van der Waals surface area (Å²) < 4.78 is 0. The van der Waals surface area contributed by atoms with Crippen LogP contribution in [0.25, 0.3) is 0 Å². The third-order valence-corrected chi connectivity index (χ3v) is 1.98. The molecule has 13 heavy (non-hydrogen) atoms. The monoisotopic (exact) mass is 188 g/mol. The summed E-state index contributed by atoms with van der Waals surface area (Å²) in [5.74, 6) is -1.37. The highest BCUT2D eigenvalue weighted by atomic mass is 16.4. The number of likely N-dealkylation sites (N-methyl/N-ethyl adjacent to an activating group) is 1. The molecule has 0 aromatic heterocycles. The number of primary amides is 1. The number of hydrogen-bond donors (Lipinski definition) is 2. The van der Waals surface area contributed by atoms with Gasteiger partial charge in [-0.2, -0.15) is 0 Å². The van der Waals surface area contributed by atoms with Crippen LogP contribution >= 0.6 is 0 Å². The molecule has 0 spiro atoms. The molecular formula is C8H16N2O3. The van der Waals surface area contributed by atoms with E-state index in [0.29, 0.717) is 6.54 Å². The highest BCUT2D eigenvalue weighted by molar-refractivity contribution is 5.77. The SMILES string of the molecule is CCN(C)C(CCC(N)=O)C(=O)O. The number of amides is 1. The molecule has 0 bridgehead atoms. The van der Waals surface area contributed by atoms with E-state index >= 15 is 0 Å². The van der Waals surface area contributed by atoms with E-state index in [1.165, 1.54) is 0 Å². The zero-order valence-corrected chi connectivity index (χ0v) is 7.99. The lowest BCUT2D eigenvalue weighted by Gasteiger charge is -2.22. The van der Waals surface area contributed by atoms with Crippen LogP contribution in [0.2, 0.25) is 0 Å². The number of carboxylic acid groups (broad SMARTS) is 1. The molecule has 5 heteroatoms. The summed E-state index contributed by atoms with van der Waals surface area (Å²) in [6.45, 7) is 2.50. The molecule has 76 valence electrons. The summed E-state index contributed by atoms with van der Waals surface area (Å²) in [4.78, 5) is 22.8. The van der Waals surface area contributed by atoms with Gasteiger partial charge in [0.15, 0.2) is 0 Å². The fraction of sp³-hybridized carbons (Fsp3) is 0.750. The normalized spacial score (nSPS) is 12.8. The zero-order valence-electron chi connectivity index (χ0n) is 7.99. The van der Waals surface area contributed by atoms with Crippen LogP contribution in [0, 0.1) is 0 Å². The number of nitrogens with zero attached hydrogens (tertiary/aromatic N) is 1. The molecule has 3 N–H and O–H groups in total. The van der Waals surface area contributed by atoms with Gasteiger partial charge in [0.05, 0.1) is 0 Å². The number of carbonyl (C=O) groups excluding carboxylic acids is 1. The van der Waals surface area contributed by atoms with E-state index in [9.17, 15) is 9.59 Å². The van der Waals surface area contributed by atoms with Gasteiger partial charge in [0.25, 0.3) is 0 Å². The van der Waals surface area contributed by atoms with Crippen LogP contribution in [-0.4, -0.2) is 41.5 Å². The van der Waals surface area contributed by atoms with Crippen molar-refractivity contribution in [2.75, 3.05) is 13.6 Å². The van der Waals surface area contributed by atoms with Gasteiger partial charge in [-0.05, 0) is 20.0 Å². The zero-order chi connectivity index (χ0) is 10.4. The van der Waals surface area contributed by atoms with Crippen molar-refractivity contribution in [3.8, 4) is 0 Å². The third-order valence-electron chi connectivity index (χ3n) is 1.98. The lowest BCUT2D eigenvalue weighted by molar-refractivity contribution is -0.143. The maximum absolute atomic E-state index is 10.7. The standard InChI is InChI=1S/C8H16N2O3/c1-3-10(2)6(8(12)13)4-5-7(9)11/h6H,3-5H2,1-2H3,(H2,9,11)(H,12,13). The minimum absolute atomic E-state index is 0.112. The Morgan fingerprint density at radius 1 is 1.54 bits per heavy atom. The molecule has 0 aliphatic heterocycles. The van der Waals surface area contributed by atoms with Crippen molar-refractivity contribution in [2.24, 2.45) is 5.73 Å². The molecule has 5 nitrogen and oxygen atoms in total. The van der Waals surface area contributed by atoms with Crippen LogP contribution in [0.3, 0.4) is 0 Å². The summed E-state index contributed by atoms with van der Waals surface area (Å²) in [6, 6.07) is -0.613. The fourth-order valence-corrected chi connectivity index (χ4v) is 1.03. The lowest BCUT2D eigenvalue weighted by Crippen LogP contribution is -2.39. The number of nitrogens with two attached hydrogens (primary N) is 1. The molecule has 0 saturated carbocycles. The Kier molecular flexibility index (Phi) is 5.06. The highest BCUT2D eigenvalue weighted by Gasteiger charge is 2.21. The summed E-state index contributed by atoms with van der Waals surface area (Å²) >= 11 is 0. The van der Waals surface area contributed by atoms with Crippen molar-refractivity contribution in [1.29, 1.82) is 0 Å². The Hall–Kier alpha value is -1.10. The van der Waals surface area contributed by atoms with Crippen LogP contribution < -0.4 is 5.73 Å². The molecule has 0 saturated heterocycles. The van der Waals surface area contributed by atoms with Crippen molar-refractivity contribution in [3.05, 3.63) is 0 Å². The summed E-state index contributed by atoms with van der Waals surface area (Å²) in [5.41, 5.74) is 4.93. The van der Waals surface area contributed by atoms with Crippen LogP contribution in [0.5, 0.6) is 0 Å². The van der Waals surface area contributed by atoms with E-state index < -0.39 is 17.9 Å². The first-order chi connectivity index (χ1) is 5.99. The van der Waals surface area contributed by atoms with Crippen LogP contribution in [-0.2, 0) is 9.59 Å². The first kappa shape index (κ1) is 11.9. The average molecular weight is 188 g/mol. The van der Waals surface area contributed by atoms with E-state index in [2.05, 4.69) is 0 Å². The van der Waals surface area contributed by atoms with Crippen molar-refractivity contribution in [3.63, 3.8) is 0 Å². The summed E-state index contributed by atoms with van der Waals surface area (Å²) in [5, 5.41) is 8.79. The minimum atomic E-state index is -0.911. The van der Waals surface area contributed by atoms with Crippen LogP contribution in [0.4, 0.5) is 0 Å². The first-order valence-corrected chi connectivity index (χ1v) is 4.20. The second-order valence-corrected chi connectivity index (χ2v) is 2.93. The highest BCUT2D eigenvalue weighted by Crippen LogP contribution is 2.04. The second kappa shape index (κ2) is 5.53. The molecule has 0 aromatic carbocycles. The van der Waals surface area contributed by atoms with Gasteiger partial charge < -0.3 is 10.8 Å². The Labute approximate surface area is 77.5 Å². The summed E-state index contributed by atoms with van der Waals surface area (Å²) in [7, 11) is 1.71. The van der Waals surface area contributed by atoms with E-state index in [1.54, 1.807) is 11.9 Å². The van der Waals surface area contributed by atoms with Crippen molar-refractivity contribution >= 4 is 11.9 Å². The van der Waals surface area contributed by atoms with Gasteiger partial charge in [-0.1, -0.05) is 6.92 Å². The molecular weight excluding hydrogens is 172 g/mol. The van der Waals surface area contributed by atoms with Gasteiger partial charge in [0.2, 0.25) is 5.91 Å². The maximum Gasteiger partial charge on any atom is 0.320 e. The second-order valence-electron chi connectivity index (χ2n) is 2.93. The van der Waals surface area contributed by atoms with Crippen molar-refractivity contribution < 1.29 is 14.7 Å². The third kappa shape index (κ3) is 4.47. The topological polar surface area (TPSA) is 83.6 Å². The number of aliphatic carboxylic acids is 1. The Bertz CT molecular complexity index is 194. The Morgan fingerprint density at radius 2 is 2.08 bits per heavy atom. The molecule has 0 aliphatic carbocycles. The Balaban J connectivity index is 4.10. The number of hydrogen-bond acceptors (Lipinski definition) is 3. The van der Waals surface area contributed by atoms with Gasteiger partial charge in [-0.15, -0.1) is 0 Å². The molecule has 1 amide bonds. The van der Waals surface area contributed by atoms with E-state index in [0.717, 1.165) is 0 Å². The van der Waals surface area contributed by atoms with Gasteiger partial charge in [-0.3, -0.25) is 14.5 Å². The van der Waals surface area contributed by atoms with Crippen LogP contribution in [0.15, 0.2) is 0 Å².